The molecule has 1 spiro atoms. The van der Waals surface area contributed by atoms with Crippen molar-refractivity contribution in [3.8, 4) is 61.8 Å². The molecule has 0 radical (unpaired) electrons. The molecule has 63 heavy (non-hydrogen) atoms. The fourth-order valence-electron chi connectivity index (χ4n) is 10.9. The molecule has 0 bridgehead atoms. The maximum atomic E-state index is 5.30. The summed E-state index contributed by atoms with van der Waals surface area (Å²) in [7, 11) is 0. The van der Waals surface area contributed by atoms with Gasteiger partial charge in [0, 0.05) is 47.6 Å². The number of rotatable bonds is 4. The molecule has 1 aliphatic carbocycles. The first-order valence-corrected chi connectivity index (χ1v) is 22.4. The van der Waals surface area contributed by atoms with Crippen molar-refractivity contribution in [2.45, 2.75) is 5.41 Å². The van der Waals surface area contributed by atoms with E-state index in [9.17, 15) is 0 Å². The van der Waals surface area contributed by atoms with Crippen molar-refractivity contribution in [3.63, 3.8) is 0 Å². The van der Waals surface area contributed by atoms with E-state index in [-0.39, 0.29) is 0 Å². The number of hydrogen-bond donors (Lipinski definition) is 0. The molecule has 9 aromatic carbocycles. The number of para-hydroxylation sites is 3. The van der Waals surface area contributed by atoms with Crippen LogP contribution in [0.4, 0.5) is 0 Å². The van der Waals surface area contributed by atoms with E-state index in [0.29, 0.717) is 5.82 Å². The third-order valence-corrected chi connectivity index (χ3v) is 14.8. The summed E-state index contributed by atoms with van der Waals surface area (Å²) in [6.07, 6.45) is 0. The van der Waals surface area contributed by atoms with Gasteiger partial charge in [-0.1, -0.05) is 170 Å². The minimum absolute atomic E-state index is 0.562. The van der Waals surface area contributed by atoms with Crippen LogP contribution in [0.3, 0.4) is 0 Å². The summed E-state index contributed by atoms with van der Waals surface area (Å²) in [4.78, 5) is 10.4. The van der Waals surface area contributed by atoms with Crippen LogP contribution in [0.1, 0.15) is 22.3 Å². The Morgan fingerprint density at radius 3 is 1.78 bits per heavy atom. The van der Waals surface area contributed by atoms with Crippen molar-refractivity contribution in [1.82, 2.24) is 14.5 Å². The predicted octanol–water partition coefficient (Wildman–Crippen LogP) is 15.3. The first-order chi connectivity index (χ1) is 31.2. The van der Waals surface area contributed by atoms with E-state index in [1.807, 2.05) is 17.4 Å². The average molecular weight is 818 g/mol. The zero-order chi connectivity index (χ0) is 41.2. The van der Waals surface area contributed by atoms with Crippen molar-refractivity contribution in [1.29, 1.82) is 0 Å². The summed E-state index contributed by atoms with van der Waals surface area (Å²) in [6.45, 7) is 0. The van der Waals surface area contributed by atoms with E-state index < -0.39 is 5.41 Å². The molecule has 4 heteroatoms. The van der Waals surface area contributed by atoms with Crippen LogP contribution in [0.5, 0.6) is 0 Å². The summed E-state index contributed by atoms with van der Waals surface area (Å²) < 4.78 is 5.14. The lowest BCUT2D eigenvalue weighted by Crippen LogP contribution is -2.33. The van der Waals surface area contributed by atoms with Gasteiger partial charge in [-0.05, 0) is 87.0 Å². The molecule has 0 amide bonds. The first kappa shape index (κ1) is 34.8. The fourth-order valence-corrected chi connectivity index (χ4v) is 12.1. The quantitative estimate of drug-likeness (QED) is 0.177. The number of fused-ring (bicyclic) bond motifs is 15. The molecule has 2 aliphatic rings. The standard InChI is InChI=1S/C59H35N3S/c1-3-14-36(15-4-1)51-35-52(61-58(60-51)37-16-5-2-6-17-37)40-28-31-48-46(33-40)45-32-38(39-26-29-43-42-19-8-12-25-55(42)63-56(43)34-39)27-30-47(45)59(48)49-21-9-11-24-54(49)62-53-23-10-7-18-41(53)44-20-13-22-50(59)57(44)62/h1-35H. The molecule has 1 atom stereocenters. The second-order valence-corrected chi connectivity index (χ2v) is 17.9. The SMILES string of the molecule is c1ccc(-c2cc(-c3ccc4c(c3)-c3cc(-c5ccc6c(c5)sc5ccccc56)ccc3C43c4ccccc4-n4c5ccccc5c5cccc3c54)nc(-c3ccccc3)n2)cc1. The minimum Gasteiger partial charge on any atom is -0.309 e. The number of hydrogen-bond acceptors (Lipinski definition) is 3. The number of nitrogens with zero attached hydrogens (tertiary/aromatic N) is 3. The van der Waals surface area contributed by atoms with Gasteiger partial charge in [-0.3, -0.25) is 0 Å². The summed E-state index contributed by atoms with van der Waals surface area (Å²) in [5.41, 5.74) is 18.2. The molecule has 3 nitrogen and oxygen atoms in total. The van der Waals surface area contributed by atoms with E-state index in [2.05, 4.69) is 211 Å². The van der Waals surface area contributed by atoms with Crippen LogP contribution in [0.25, 0.3) is 104 Å². The molecule has 1 unspecified atom stereocenters. The largest absolute Gasteiger partial charge is 0.309 e. The summed E-state index contributed by atoms with van der Waals surface area (Å²) in [5, 5.41) is 5.18. The summed E-state index contributed by atoms with van der Waals surface area (Å²) in [6, 6.07) is 77.9. The Morgan fingerprint density at radius 2 is 0.952 bits per heavy atom. The highest BCUT2D eigenvalue weighted by Crippen LogP contribution is 2.62. The Kier molecular flexibility index (Phi) is 7.20. The van der Waals surface area contributed by atoms with Gasteiger partial charge >= 0.3 is 0 Å². The molecule has 12 aromatic rings. The molecule has 0 saturated heterocycles. The summed E-state index contributed by atoms with van der Waals surface area (Å²) in [5.74, 6) is 0.712. The monoisotopic (exact) mass is 817 g/mol. The van der Waals surface area contributed by atoms with Crippen molar-refractivity contribution in [3.05, 3.63) is 235 Å². The zero-order valence-electron chi connectivity index (χ0n) is 34.0. The zero-order valence-corrected chi connectivity index (χ0v) is 34.8. The van der Waals surface area contributed by atoms with Crippen molar-refractivity contribution < 1.29 is 0 Å². The third kappa shape index (κ3) is 4.84. The van der Waals surface area contributed by atoms with Crippen LogP contribution in [0.2, 0.25) is 0 Å². The van der Waals surface area contributed by atoms with E-state index in [0.717, 1.165) is 28.1 Å². The van der Waals surface area contributed by atoms with E-state index in [1.165, 1.54) is 92.2 Å². The van der Waals surface area contributed by atoms with Crippen LogP contribution in [-0.2, 0) is 5.41 Å². The average Bonchev–Trinajstić information content (AvgIpc) is 4.00. The molecule has 4 heterocycles. The van der Waals surface area contributed by atoms with Crippen LogP contribution in [-0.4, -0.2) is 14.5 Å². The Labute approximate surface area is 367 Å². The van der Waals surface area contributed by atoms with Gasteiger partial charge in [0.05, 0.1) is 33.5 Å². The second-order valence-electron chi connectivity index (χ2n) is 16.8. The van der Waals surface area contributed by atoms with Crippen LogP contribution in [0, 0.1) is 0 Å². The van der Waals surface area contributed by atoms with Crippen molar-refractivity contribution in [2.75, 3.05) is 0 Å². The fraction of sp³-hybridized carbons (Fsp3) is 0.0169. The lowest BCUT2D eigenvalue weighted by atomic mass is 9.65. The maximum Gasteiger partial charge on any atom is 0.160 e. The van der Waals surface area contributed by atoms with Crippen LogP contribution >= 0.6 is 11.3 Å². The van der Waals surface area contributed by atoms with Crippen LogP contribution < -0.4 is 0 Å². The molecule has 0 fully saturated rings. The molecular formula is C59H35N3S. The molecule has 3 aromatic heterocycles. The summed E-state index contributed by atoms with van der Waals surface area (Å²) >= 11 is 1.87. The Balaban J connectivity index is 1.05. The van der Waals surface area contributed by atoms with Crippen LogP contribution in [0.15, 0.2) is 212 Å². The Morgan fingerprint density at radius 1 is 0.365 bits per heavy atom. The Bertz CT molecular complexity index is 3800. The van der Waals surface area contributed by atoms with Gasteiger partial charge in [-0.15, -0.1) is 11.3 Å². The van der Waals surface area contributed by atoms with E-state index >= 15 is 0 Å². The molecule has 292 valence electrons. The van der Waals surface area contributed by atoms with E-state index in [4.69, 9.17) is 9.97 Å². The second kappa shape index (κ2) is 13.0. The van der Waals surface area contributed by atoms with Gasteiger partial charge in [-0.2, -0.15) is 0 Å². The van der Waals surface area contributed by atoms with Gasteiger partial charge in [0.1, 0.15) is 0 Å². The van der Waals surface area contributed by atoms with Gasteiger partial charge < -0.3 is 4.57 Å². The van der Waals surface area contributed by atoms with Crippen molar-refractivity contribution >= 4 is 53.3 Å². The van der Waals surface area contributed by atoms with Crippen molar-refractivity contribution in [2.24, 2.45) is 0 Å². The number of aromatic nitrogens is 3. The maximum absolute atomic E-state index is 5.30. The van der Waals surface area contributed by atoms with E-state index in [1.54, 1.807) is 0 Å². The topological polar surface area (TPSA) is 30.7 Å². The highest BCUT2D eigenvalue weighted by atomic mass is 32.1. The highest BCUT2D eigenvalue weighted by molar-refractivity contribution is 7.25. The highest BCUT2D eigenvalue weighted by Gasteiger charge is 2.51. The first-order valence-electron chi connectivity index (χ1n) is 21.6. The number of benzene rings is 9. The number of thiophene rings is 1. The molecule has 1 aliphatic heterocycles. The van der Waals surface area contributed by atoms with Gasteiger partial charge in [-0.25, -0.2) is 9.97 Å². The molecule has 14 rings (SSSR count). The third-order valence-electron chi connectivity index (χ3n) is 13.6. The predicted molar refractivity (Wildman–Crippen MR) is 262 cm³/mol. The lowest BCUT2D eigenvalue weighted by molar-refractivity contribution is 0.748. The lowest BCUT2D eigenvalue weighted by Gasteiger charge is -2.39. The Hall–Kier alpha value is -7.92. The molecule has 0 saturated carbocycles. The van der Waals surface area contributed by atoms with Gasteiger partial charge in [0.15, 0.2) is 5.82 Å². The van der Waals surface area contributed by atoms with Gasteiger partial charge in [0.25, 0.3) is 0 Å². The molecule has 0 N–H and O–H groups in total. The minimum atomic E-state index is -0.562. The van der Waals surface area contributed by atoms with Gasteiger partial charge in [0.2, 0.25) is 0 Å². The smallest absolute Gasteiger partial charge is 0.160 e. The molecular weight excluding hydrogens is 783 g/mol. The normalized spacial score (nSPS) is 14.7.